The number of nitrogens with zero attached hydrogens (tertiary/aromatic N) is 1. The standard InChI is InChI=1S/C20H26N2O.ClH/c1-22(19-13-17-7-8-18(14-19)21-17)10-11-23-20-9-6-15-4-2-3-5-16(15)12-20;/h2-6,9,12,17-19,21H,7-8,10-11,13-14H2,1H3;1H. The van der Waals surface area contributed by atoms with E-state index in [-0.39, 0.29) is 12.4 Å². The maximum Gasteiger partial charge on any atom is 0.120 e. The van der Waals surface area contributed by atoms with Gasteiger partial charge in [0.25, 0.3) is 0 Å². The van der Waals surface area contributed by atoms with Crippen LogP contribution in [0.1, 0.15) is 25.7 Å². The second kappa shape index (κ2) is 7.73. The van der Waals surface area contributed by atoms with E-state index in [1.54, 1.807) is 0 Å². The number of halogens is 1. The first-order chi connectivity index (χ1) is 11.3. The van der Waals surface area contributed by atoms with Crippen LogP contribution in [-0.2, 0) is 0 Å². The molecule has 2 aliphatic rings. The summed E-state index contributed by atoms with van der Waals surface area (Å²) in [7, 11) is 2.25. The Morgan fingerprint density at radius 2 is 1.75 bits per heavy atom. The molecule has 24 heavy (non-hydrogen) atoms. The van der Waals surface area contributed by atoms with Gasteiger partial charge in [-0.1, -0.05) is 30.3 Å². The lowest BCUT2D eigenvalue weighted by Gasteiger charge is -2.35. The van der Waals surface area contributed by atoms with Crippen LogP contribution in [0.4, 0.5) is 0 Å². The molecule has 4 rings (SSSR count). The van der Waals surface area contributed by atoms with Gasteiger partial charge in [0.1, 0.15) is 12.4 Å². The van der Waals surface area contributed by atoms with E-state index >= 15 is 0 Å². The highest BCUT2D eigenvalue weighted by Gasteiger charge is 2.34. The summed E-state index contributed by atoms with van der Waals surface area (Å²) in [6.07, 6.45) is 5.32. The minimum absolute atomic E-state index is 0. The van der Waals surface area contributed by atoms with E-state index in [9.17, 15) is 0 Å². The largest absolute Gasteiger partial charge is 0.492 e. The molecule has 4 heteroatoms. The highest BCUT2D eigenvalue weighted by atomic mass is 35.5. The fraction of sp³-hybridized carbons (Fsp3) is 0.500. The summed E-state index contributed by atoms with van der Waals surface area (Å²) in [6, 6.07) is 17.0. The van der Waals surface area contributed by atoms with Crippen LogP contribution in [0.2, 0.25) is 0 Å². The molecule has 130 valence electrons. The van der Waals surface area contributed by atoms with E-state index in [0.29, 0.717) is 6.04 Å². The average Bonchev–Trinajstić information content (AvgIpc) is 2.92. The first-order valence-electron chi connectivity index (χ1n) is 8.86. The highest BCUT2D eigenvalue weighted by molar-refractivity contribution is 5.85. The van der Waals surface area contributed by atoms with Crippen LogP contribution in [0.5, 0.6) is 5.75 Å². The predicted octanol–water partition coefficient (Wildman–Crippen LogP) is 3.86. The van der Waals surface area contributed by atoms with Crippen molar-refractivity contribution in [2.45, 2.75) is 43.8 Å². The van der Waals surface area contributed by atoms with Gasteiger partial charge >= 0.3 is 0 Å². The molecule has 0 radical (unpaired) electrons. The van der Waals surface area contributed by atoms with Gasteiger partial charge in [-0.05, 0) is 55.6 Å². The normalized spacial score (nSPS) is 25.7. The number of nitrogens with one attached hydrogen (secondary N) is 1. The second-order valence-corrected chi connectivity index (χ2v) is 7.10. The number of hydrogen-bond donors (Lipinski definition) is 1. The van der Waals surface area contributed by atoms with Crippen LogP contribution in [0.15, 0.2) is 42.5 Å². The lowest BCUT2D eigenvalue weighted by Crippen LogP contribution is -2.47. The Kier molecular flexibility index (Phi) is 5.65. The monoisotopic (exact) mass is 346 g/mol. The third kappa shape index (κ3) is 3.85. The Bertz CT molecular complexity index is 665. The SMILES string of the molecule is CN(CCOc1ccc2ccccc2c1)C1CC2CCC(C1)N2.Cl. The Morgan fingerprint density at radius 1 is 1.04 bits per heavy atom. The van der Waals surface area contributed by atoms with E-state index in [2.05, 4.69) is 59.7 Å². The van der Waals surface area contributed by atoms with E-state index in [1.807, 2.05) is 0 Å². The topological polar surface area (TPSA) is 24.5 Å². The molecule has 2 aromatic rings. The minimum Gasteiger partial charge on any atom is -0.492 e. The molecule has 1 N–H and O–H groups in total. The molecule has 0 aromatic heterocycles. The number of likely N-dealkylation sites (N-methyl/N-ethyl adjacent to an activating group) is 1. The van der Waals surface area contributed by atoms with Gasteiger partial charge in [-0.2, -0.15) is 0 Å². The van der Waals surface area contributed by atoms with E-state index in [1.165, 1.54) is 36.5 Å². The van der Waals surface area contributed by atoms with Crippen LogP contribution in [-0.4, -0.2) is 43.2 Å². The zero-order valence-electron chi connectivity index (χ0n) is 14.3. The van der Waals surface area contributed by atoms with Crippen LogP contribution < -0.4 is 10.1 Å². The van der Waals surface area contributed by atoms with Crippen molar-refractivity contribution in [3.05, 3.63) is 42.5 Å². The minimum atomic E-state index is 0. The number of benzene rings is 2. The molecule has 0 aliphatic carbocycles. The van der Waals surface area contributed by atoms with Crippen LogP contribution >= 0.6 is 12.4 Å². The van der Waals surface area contributed by atoms with Gasteiger partial charge in [-0.25, -0.2) is 0 Å². The van der Waals surface area contributed by atoms with Crippen molar-refractivity contribution in [1.82, 2.24) is 10.2 Å². The number of piperidine rings is 1. The van der Waals surface area contributed by atoms with Crippen molar-refractivity contribution in [3.63, 3.8) is 0 Å². The average molecular weight is 347 g/mol. The van der Waals surface area contributed by atoms with E-state index < -0.39 is 0 Å². The summed E-state index contributed by atoms with van der Waals surface area (Å²) in [5, 5.41) is 6.23. The Hall–Kier alpha value is -1.29. The smallest absolute Gasteiger partial charge is 0.120 e. The van der Waals surface area contributed by atoms with Gasteiger partial charge < -0.3 is 10.1 Å². The molecule has 2 heterocycles. The maximum absolute atomic E-state index is 5.99. The molecule has 2 aromatic carbocycles. The zero-order chi connectivity index (χ0) is 15.6. The van der Waals surface area contributed by atoms with Crippen LogP contribution in [0.3, 0.4) is 0 Å². The van der Waals surface area contributed by atoms with Gasteiger partial charge in [-0.3, -0.25) is 4.90 Å². The van der Waals surface area contributed by atoms with Crippen molar-refractivity contribution >= 4 is 23.2 Å². The summed E-state index contributed by atoms with van der Waals surface area (Å²) in [5.41, 5.74) is 0. The van der Waals surface area contributed by atoms with Crippen LogP contribution in [0.25, 0.3) is 10.8 Å². The fourth-order valence-electron chi connectivity index (χ4n) is 4.13. The third-order valence-electron chi connectivity index (χ3n) is 5.51. The van der Waals surface area contributed by atoms with Gasteiger partial charge in [0, 0.05) is 24.7 Å². The molecule has 2 bridgehead atoms. The first kappa shape index (κ1) is 17.5. The second-order valence-electron chi connectivity index (χ2n) is 7.10. The molecule has 2 saturated heterocycles. The van der Waals surface area contributed by atoms with Crippen molar-refractivity contribution in [2.24, 2.45) is 0 Å². The quantitative estimate of drug-likeness (QED) is 0.889. The predicted molar refractivity (Wildman–Crippen MR) is 102 cm³/mol. The Labute approximate surface area is 150 Å². The molecular weight excluding hydrogens is 320 g/mol. The van der Waals surface area contributed by atoms with Crippen molar-refractivity contribution in [1.29, 1.82) is 0 Å². The summed E-state index contributed by atoms with van der Waals surface area (Å²) in [4.78, 5) is 2.49. The number of fused-ring (bicyclic) bond motifs is 3. The van der Waals surface area contributed by atoms with Gasteiger partial charge in [0.2, 0.25) is 0 Å². The van der Waals surface area contributed by atoms with E-state index in [4.69, 9.17) is 4.74 Å². The van der Waals surface area contributed by atoms with Crippen molar-refractivity contribution in [3.8, 4) is 5.75 Å². The molecule has 2 aliphatic heterocycles. The molecule has 2 atom stereocenters. The molecule has 0 saturated carbocycles. The molecule has 0 spiro atoms. The van der Waals surface area contributed by atoms with E-state index in [0.717, 1.165) is 31.0 Å². The molecule has 2 fully saturated rings. The van der Waals surface area contributed by atoms with Gasteiger partial charge in [0.15, 0.2) is 0 Å². The molecule has 3 nitrogen and oxygen atoms in total. The zero-order valence-corrected chi connectivity index (χ0v) is 15.1. The van der Waals surface area contributed by atoms with Crippen LogP contribution in [0, 0.1) is 0 Å². The number of ether oxygens (including phenoxy) is 1. The number of hydrogen-bond acceptors (Lipinski definition) is 3. The third-order valence-corrected chi connectivity index (χ3v) is 5.51. The lowest BCUT2D eigenvalue weighted by molar-refractivity contribution is 0.147. The highest BCUT2D eigenvalue weighted by Crippen LogP contribution is 2.29. The summed E-state index contributed by atoms with van der Waals surface area (Å²) < 4.78 is 5.99. The molecule has 0 amide bonds. The number of rotatable bonds is 5. The Balaban J connectivity index is 0.00000169. The fourth-order valence-corrected chi connectivity index (χ4v) is 4.13. The summed E-state index contributed by atoms with van der Waals surface area (Å²) >= 11 is 0. The maximum atomic E-state index is 5.99. The molecular formula is C20H27ClN2O. The lowest BCUT2D eigenvalue weighted by atomic mass is 9.99. The van der Waals surface area contributed by atoms with Crippen molar-refractivity contribution < 1.29 is 4.74 Å². The Morgan fingerprint density at radius 3 is 2.50 bits per heavy atom. The van der Waals surface area contributed by atoms with Gasteiger partial charge in [0.05, 0.1) is 0 Å². The van der Waals surface area contributed by atoms with Gasteiger partial charge in [-0.15, -0.1) is 12.4 Å². The van der Waals surface area contributed by atoms with Crippen molar-refractivity contribution in [2.75, 3.05) is 20.2 Å². The first-order valence-corrected chi connectivity index (χ1v) is 8.86. The summed E-state index contributed by atoms with van der Waals surface area (Å²) in [5.74, 6) is 0.975. The summed E-state index contributed by atoms with van der Waals surface area (Å²) in [6.45, 7) is 1.75. The molecule has 2 unspecified atom stereocenters.